The van der Waals surface area contributed by atoms with Crippen molar-refractivity contribution in [1.29, 1.82) is 0 Å². The molecular formula is C10H9N3S3. The molecule has 0 saturated heterocycles. The van der Waals surface area contributed by atoms with E-state index in [0.717, 1.165) is 11.4 Å². The Kier molecular flexibility index (Phi) is 3.87. The van der Waals surface area contributed by atoms with Gasteiger partial charge in [0.25, 0.3) is 0 Å². The monoisotopic (exact) mass is 267 g/mol. The van der Waals surface area contributed by atoms with Crippen LogP contribution in [0, 0.1) is 0 Å². The molecule has 3 nitrogen and oxygen atoms in total. The molecule has 1 aromatic heterocycles. The highest BCUT2D eigenvalue weighted by Crippen LogP contribution is 2.18. The Labute approximate surface area is 108 Å². The van der Waals surface area contributed by atoms with Crippen LogP contribution in [0.4, 0.5) is 5.13 Å². The number of hydrogen-bond acceptors (Lipinski definition) is 4. The van der Waals surface area contributed by atoms with Gasteiger partial charge in [-0.2, -0.15) is 0 Å². The number of thiol groups is 1. The van der Waals surface area contributed by atoms with Crippen molar-refractivity contribution in [2.75, 3.05) is 5.32 Å². The Hall–Kier alpha value is -0.980. The smallest absolute Gasteiger partial charge is 0.211 e. The number of nitrogens with zero attached hydrogens (tertiary/aromatic N) is 2. The van der Waals surface area contributed by atoms with E-state index in [4.69, 9.17) is 12.2 Å². The van der Waals surface area contributed by atoms with Crippen molar-refractivity contribution in [2.24, 2.45) is 0 Å². The summed E-state index contributed by atoms with van der Waals surface area (Å²) >= 11 is 10.3. The summed E-state index contributed by atoms with van der Waals surface area (Å²) in [7, 11) is 0. The lowest BCUT2D eigenvalue weighted by atomic mass is 10.2. The highest BCUT2D eigenvalue weighted by Gasteiger charge is 2.04. The van der Waals surface area contributed by atoms with Gasteiger partial charge >= 0.3 is 0 Å². The molecule has 0 unspecified atom stereocenters. The summed E-state index contributed by atoms with van der Waals surface area (Å²) in [4.78, 5) is 0. The van der Waals surface area contributed by atoms with Crippen molar-refractivity contribution in [3.63, 3.8) is 0 Å². The Morgan fingerprint density at radius 2 is 2.06 bits per heavy atom. The number of thiocarbonyl (C=S) groups is 1. The lowest BCUT2D eigenvalue weighted by Crippen LogP contribution is -1.99. The van der Waals surface area contributed by atoms with Gasteiger partial charge in [-0.3, -0.25) is 0 Å². The topological polar surface area (TPSA) is 37.8 Å². The Morgan fingerprint density at radius 1 is 1.31 bits per heavy atom. The molecule has 0 aliphatic rings. The van der Waals surface area contributed by atoms with E-state index >= 15 is 0 Å². The van der Waals surface area contributed by atoms with Gasteiger partial charge in [0.1, 0.15) is 9.33 Å². The molecule has 0 saturated carbocycles. The molecule has 0 atom stereocenters. The van der Waals surface area contributed by atoms with Crippen molar-refractivity contribution >= 4 is 45.6 Å². The van der Waals surface area contributed by atoms with Crippen LogP contribution >= 0.6 is 36.2 Å². The second-order valence-corrected chi connectivity index (χ2v) is 5.31. The first-order valence-electron chi connectivity index (χ1n) is 4.60. The normalized spacial score (nSPS) is 10.1. The average molecular weight is 267 g/mol. The number of rotatable bonds is 3. The molecule has 0 bridgehead atoms. The average Bonchev–Trinajstić information content (AvgIpc) is 2.66. The number of hydrogen-bond donors (Lipinski definition) is 2. The van der Waals surface area contributed by atoms with Gasteiger partial charge in [-0.05, 0) is 5.56 Å². The fourth-order valence-corrected chi connectivity index (χ4v) is 2.36. The van der Waals surface area contributed by atoms with Crippen LogP contribution in [0.15, 0.2) is 30.3 Å². The third-order valence-corrected chi connectivity index (χ3v) is 2.93. The summed E-state index contributed by atoms with van der Waals surface area (Å²) in [5, 5.41) is 12.5. The zero-order chi connectivity index (χ0) is 11.4. The molecule has 2 rings (SSSR count). The van der Waals surface area contributed by atoms with Gasteiger partial charge in [-0.15, -0.1) is 22.8 Å². The Balaban J connectivity index is 2.06. The van der Waals surface area contributed by atoms with Crippen LogP contribution < -0.4 is 5.32 Å². The summed E-state index contributed by atoms with van der Waals surface area (Å²) in [5.74, 6) is 0. The van der Waals surface area contributed by atoms with Crippen LogP contribution in [0.5, 0.6) is 0 Å². The fraction of sp³-hybridized carbons (Fsp3) is 0.100. The molecule has 16 heavy (non-hydrogen) atoms. The summed E-state index contributed by atoms with van der Waals surface area (Å²) < 4.78 is 0.405. The molecule has 0 aliphatic heterocycles. The number of benzene rings is 1. The molecule has 0 fully saturated rings. The van der Waals surface area contributed by atoms with E-state index in [1.807, 2.05) is 18.2 Å². The maximum absolute atomic E-state index is 4.81. The molecule has 6 heteroatoms. The summed E-state index contributed by atoms with van der Waals surface area (Å²) in [6, 6.07) is 10.2. The quantitative estimate of drug-likeness (QED) is 0.662. The van der Waals surface area contributed by atoms with Crippen molar-refractivity contribution in [2.45, 2.75) is 6.42 Å². The maximum atomic E-state index is 4.81. The van der Waals surface area contributed by atoms with Crippen LogP contribution in [0.1, 0.15) is 10.6 Å². The van der Waals surface area contributed by atoms with E-state index in [1.165, 1.54) is 16.9 Å². The lowest BCUT2D eigenvalue weighted by molar-refractivity contribution is 1.01. The Morgan fingerprint density at radius 3 is 2.75 bits per heavy atom. The minimum atomic E-state index is 0.405. The van der Waals surface area contributed by atoms with Gasteiger partial charge in [0, 0.05) is 6.42 Å². The van der Waals surface area contributed by atoms with Gasteiger partial charge < -0.3 is 5.32 Å². The maximum Gasteiger partial charge on any atom is 0.211 e. The first-order valence-corrected chi connectivity index (χ1v) is 6.27. The minimum absolute atomic E-state index is 0.405. The molecule has 0 spiro atoms. The van der Waals surface area contributed by atoms with Crippen molar-refractivity contribution < 1.29 is 0 Å². The first kappa shape index (κ1) is 11.5. The molecule has 1 heterocycles. The van der Waals surface area contributed by atoms with Crippen LogP contribution in [-0.4, -0.2) is 14.5 Å². The molecular weight excluding hydrogens is 258 g/mol. The van der Waals surface area contributed by atoms with E-state index in [9.17, 15) is 0 Å². The van der Waals surface area contributed by atoms with E-state index in [-0.39, 0.29) is 0 Å². The van der Waals surface area contributed by atoms with Gasteiger partial charge in [-0.1, -0.05) is 53.9 Å². The molecule has 0 aliphatic carbocycles. The van der Waals surface area contributed by atoms with Crippen LogP contribution in [-0.2, 0) is 6.42 Å². The highest BCUT2D eigenvalue weighted by atomic mass is 32.1. The van der Waals surface area contributed by atoms with Gasteiger partial charge in [0.05, 0.1) is 0 Å². The van der Waals surface area contributed by atoms with Crippen LogP contribution in [0.25, 0.3) is 0 Å². The molecule has 0 amide bonds. The largest absolute Gasteiger partial charge is 0.316 e. The molecule has 82 valence electrons. The third kappa shape index (κ3) is 3.26. The molecule has 0 radical (unpaired) electrons. The highest BCUT2D eigenvalue weighted by molar-refractivity contribution is 8.11. The minimum Gasteiger partial charge on any atom is -0.316 e. The van der Waals surface area contributed by atoms with Gasteiger partial charge in [0.15, 0.2) is 0 Å². The number of nitrogens with one attached hydrogen (secondary N) is 1. The number of anilines is 1. The summed E-state index contributed by atoms with van der Waals surface area (Å²) in [5.41, 5.74) is 1.22. The Bertz CT molecular complexity index is 481. The molecule has 2 aromatic rings. The predicted molar refractivity (Wildman–Crippen MR) is 74.4 cm³/mol. The SMILES string of the molecule is S=C(S)Nc1nnc(Cc2ccccc2)s1. The predicted octanol–water partition coefficient (Wildman–Crippen LogP) is 2.76. The van der Waals surface area contributed by atoms with E-state index in [0.29, 0.717) is 9.45 Å². The van der Waals surface area contributed by atoms with E-state index < -0.39 is 0 Å². The van der Waals surface area contributed by atoms with Gasteiger partial charge in [-0.25, -0.2) is 0 Å². The summed E-state index contributed by atoms with van der Waals surface area (Å²) in [6.45, 7) is 0. The van der Waals surface area contributed by atoms with Gasteiger partial charge in [0.2, 0.25) is 5.13 Å². The summed E-state index contributed by atoms with van der Waals surface area (Å²) in [6.07, 6.45) is 0.791. The standard InChI is InChI=1S/C10H9N3S3/c14-10(15)11-9-13-12-8(16-9)6-7-4-2-1-3-5-7/h1-5H,6H2,(H2,11,13,14,15). The van der Waals surface area contributed by atoms with Crippen molar-refractivity contribution in [1.82, 2.24) is 10.2 Å². The second-order valence-electron chi connectivity index (χ2n) is 3.09. The first-order chi connectivity index (χ1) is 7.74. The molecule has 1 aromatic carbocycles. The lowest BCUT2D eigenvalue weighted by Gasteiger charge is -1.95. The number of aromatic nitrogens is 2. The fourth-order valence-electron chi connectivity index (χ4n) is 1.24. The van der Waals surface area contributed by atoms with Crippen molar-refractivity contribution in [3.8, 4) is 0 Å². The zero-order valence-corrected chi connectivity index (χ0v) is 10.8. The van der Waals surface area contributed by atoms with E-state index in [1.54, 1.807) is 0 Å². The third-order valence-electron chi connectivity index (χ3n) is 1.88. The molecule has 1 N–H and O–H groups in total. The van der Waals surface area contributed by atoms with Crippen LogP contribution in [0.2, 0.25) is 0 Å². The van der Waals surface area contributed by atoms with E-state index in [2.05, 4.69) is 40.3 Å². The zero-order valence-electron chi connectivity index (χ0n) is 8.25. The van der Waals surface area contributed by atoms with Crippen LogP contribution in [0.3, 0.4) is 0 Å². The second kappa shape index (κ2) is 5.38. The van der Waals surface area contributed by atoms with Crippen molar-refractivity contribution in [3.05, 3.63) is 40.9 Å².